The van der Waals surface area contributed by atoms with Crippen LogP contribution in [0.1, 0.15) is 97.1 Å². The van der Waals surface area contributed by atoms with Gasteiger partial charge in [0.05, 0.1) is 65.9 Å². The Morgan fingerprint density at radius 1 is 0.624 bits per heavy atom. The standard InChI is InChI=1S/C71H94N16O6/c1-9-26-86(65(90)17-12-35-92-54-15-10-14-48(37-54)68-76-57-21-18-49(40-60(57)79-68)69-77-58-22-19-52(41-61(58)80-69)84-31-27-82(7)28-32-84)46-66(91)87(45-63(73)88)44-51(72)43-74-24-13-25-75-64(89)16-11-36-93-67-55(47(2)3)38-50(39-56(67)71(4,5)6)70-78-59-23-20-53(42-62(59)81-70)85-33-29-83(8)30-34-85/h10,14-15,18-23,37-43,47,74H,9,11-13,16-17,24-36,44-46,72H2,1-8H3,(H2,73,88)(H,75,89)(H,76,79)(H,77,80)(H,78,81)/b51-43-. The van der Waals surface area contributed by atoms with E-state index in [4.69, 9.17) is 35.9 Å². The Hall–Kier alpha value is -9.15. The number of likely N-dealkylation sites (N-methyl/N-ethyl adjacent to an activating group) is 2. The fourth-order valence-electron chi connectivity index (χ4n) is 12.0. The highest BCUT2D eigenvalue weighted by atomic mass is 16.5. The molecule has 0 unspecified atom stereocenters. The number of piperazine rings is 2. The van der Waals surface area contributed by atoms with E-state index >= 15 is 0 Å². The second-order valence-corrected chi connectivity index (χ2v) is 26.2. The molecule has 0 spiro atoms. The molecule has 494 valence electrons. The maximum Gasteiger partial charge on any atom is 0.243 e. The van der Waals surface area contributed by atoms with Gasteiger partial charge in [-0.3, -0.25) is 19.2 Å². The molecule has 9 N–H and O–H groups in total. The zero-order valence-corrected chi connectivity index (χ0v) is 55.5. The number of primary amides is 1. The van der Waals surface area contributed by atoms with E-state index in [1.54, 1.807) is 6.20 Å². The van der Waals surface area contributed by atoms with Gasteiger partial charge in [0.2, 0.25) is 23.6 Å². The largest absolute Gasteiger partial charge is 0.494 e. The molecule has 2 fully saturated rings. The second kappa shape index (κ2) is 30.5. The number of carbonyl (C=O) groups excluding carboxylic acids is 4. The molecule has 0 radical (unpaired) electrons. The summed E-state index contributed by atoms with van der Waals surface area (Å²) >= 11 is 0. The fraction of sp³-hybridized carbons (Fsp3) is 0.451. The lowest BCUT2D eigenvalue weighted by Crippen LogP contribution is -2.47. The van der Waals surface area contributed by atoms with Crippen LogP contribution < -0.4 is 41.4 Å². The Balaban J connectivity index is 0.638. The summed E-state index contributed by atoms with van der Waals surface area (Å²) < 4.78 is 12.7. The molecule has 5 heterocycles. The average Bonchev–Trinajstić information content (AvgIpc) is 1.78. The van der Waals surface area contributed by atoms with E-state index in [0.29, 0.717) is 75.6 Å². The molecule has 5 aromatic carbocycles. The zero-order valence-electron chi connectivity index (χ0n) is 55.5. The number of aromatic amines is 3. The number of H-pyrrole nitrogens is 3. The predicted molar refractivity (Wildman–Crippen MR) is 370 cm³/mol. The molecule has 2 aliphatic rings. The molecule has 3 aromatic heterocycles. The number of benzene rings is 5. The summed E-state index contributed by atoms with van der Waals surface area (Å²) in [6.07, 6.45) is 4.22. The van der Waals surface area contributed by atoms with Crippen LogP contribution >= 0.6 is 0 Å². The molecule has 0 atom stereocenters. The van der Waals surface area contributed by atoms with E-state index in [-0.39, 0.29) is 55.8 Å². The normalized spacial score (nSPS) is 14.4. The summed E-state index contributed by atoms with van der Waals surface area (Å²) in [6.45, 7) is 22.3. The van der Waals surface area contributed by atoms with Crippen LogP contribution in [0.25, 0.3) is 67.3 Å². The lowest BCUT2D eigenvalue weighted by atomic mass is 9.82. The number of rotatable bonds is 29. The van der Waals surface area contributed by atoms with E-state index in [0.717, 1.165) is 131 Å². The third-order valence-electron chi connectivity index (χ3n) is 17.3. The molecular formula is C71H94N16O6. The lowest BCUT2D eigenvalue weighted by molar-refractivity contribution is -0.141. The van der Waals surface area contributed by atoms with Crippen molar-refractivity contribution in [3.63, 3.8) is 0 Å². The highest BCUT2D eigenvalue weighted by Crippen LogP contribution is 2.41. The molecular weight excluding hydrogens is 1170 g/mol. The molecule has 22 nitrogen and oxygen atoms in total. The average molecular weight is 1270 g/mol. The number of carbonyl (C=O) groups is 4. The Morgan fingerprint density at radius 3 is 1.78 bits per heavy atom. The first kappa shape index (κ1) is 66.8. The van der Waals surface area contributed by atoms with Crippen LogP contribution in [0.5, 0.6) is 11.5 Å². The summed E-state index contributed by atoms with van der Waals surface area (Å²) in [7, 11) is 4.33. The van der Waals surface area contributed by atoms with Gasteiger partial charge < -0.3 is 75.9 Å². The van der Waals surface area contributed by atoms with Gasteiger partial charge in [0.25, 0.3) is 0 Å². The summed E-state index contributed by atoms with van der Waals surface area (Å²) in [5.41, 5.74) is 25.0. The van der Waals surface area contributed by atoms with Crippen molar-refractivity contribution in [3.8, 4) is 45.7 Å². The number of ether oxygens (including phenoxy) is 2. The van der Waals surface area contributed by atoms with Crippen LogP contribution in [0.2, 0.25) is 0 Å². The van der Waals surface area contributed by atoms with E-state index < -0.39 is 11.8 Å². The van der Waals surface area contributed by atoms with Crippen LogP contribution in [-0.2, 0) is 24.6 Å². The number of aromatic nitrogens is 6. The van der Waals surface area contributed by atoms with Gasteiger partial charge >= 0.3 is 0 Å². The van der Waals surface area contributed by atoms with Crippen molar-refractivity contribution < 1.29 is 28.7 Å². The number of nitrogens with zero attached hydrogens (tertiary/aromatic N) is 9. The van der Waals surface area contributed by atoms with Gasteiger partial charge in [-0.1, -0.05) is 53.7 Å². The highest BCUT2D eigenvalue weighted by Gasteiger charge is 2.27. The molecule has 93 heavy (non-hydrogen) atoms. The molecule has 0 saturated carbocycles. The van der Waals surface area contributed by atoms with Gasteiger partial charge in [-0.15, -0.1) is 0 Å². The molecule has 2 aliphatic heterocycles. The van der Waals surface area contributed by atoms with Crippen molar-refractivity contribution >= 4 is 68.1 Å². The van der Waals surface area contributed by atoms with Crippen molar-refractivity contribution in [1.29, 1.82) is 0 Å². The minimum Gasteiger partial charge on any atom is -0.494 e. The Labute approximate surface area is 545 Å². The topological polar surface area (TPSA) is 268 Å². The Bertz CT molecular complexity index is 3920. The minimum atomic E-state index is -0.705. The molecule has 8 aromatic rings. The van der Waals surface area contributed by atoms with Gasteiger partial charge in [0, 0.05) is 130 Å². The van der Waals surface area contributed by atoms with Crippen molar-refractivity contribution in [3.05, 3.63) is 114 Å². The van der Waals surface area contributed by atoms with Crippen LogP contribution in [0.15, 0.2) is 103 Å². The summed E-state index contributed by atoms with van der Waals surface area (Å²) in [6, 6.07) is 31.0. The first-order valence-electron chi connectivity index (χ1n) is 32.9. The number of nitrogens with two attached hydrogens (primary N) is 2. The van der Waals surface area contributed by atoms with E-state index in [1.807, 2.05) is 43.3 Å². The highest BCUT2D eigenvalue weighted by molar-refractivity contribution is 5.89. The van der Waals surface area contributed by atoms with Gasteiger partial charge in [0.1, 0.15) is 29.0 Å². The van der Waals surface area contributed by atoms with Crippen LogP contribution in [-0.4, -0.2) is 192 Å². The lowest BCUT2D eigenvalue weighted by Gasteiger charge is -2.34. The van der Waals surface area contributed by atoms with Gasteiger partial charge in [-0.25, -0.2) is 15.0 Å². The number of nitrogens with one attached hydrogen (secondary N) is 5. The summed E-state index contributed by atoms with van der Waals surface area (Å²) in [5.74, 6) is 2.55. The summed E-state index contributed by atoms with van der Waals surface area (Å²) in [5, 5.41) is 6.14. The number of amides is 4. The van der Waals surface area contributed by atoms with Crippen molar-refractivity contribution in [2.45, 2.75) is 91.4 Å². The van der Waals surface area contributed by atoms with Gasteiger partial charge in [-0.05, 0) is 136 Å². The molecule has 4 amide bonds. The Morgan fingerprint density at radius 2 is 1.19 bits per heavy atom. The smallest absolute Gasteiger partial charge is 0.243 e. The minimum absolute atomic E-state index is 0.0678. The third kappa shape index (κ3) is 17.5. The maximum atomic E-state index is 13.7. The molecule has 0 bridgehead atoms. The number of hydrogen-bond acceptors (Lipinski definition) is 15. The molecule has 10 rings (SSSR count). The number of fused-ring (bicyclic) bond motifs is 3. The number of hydrogen-bond donors (Lipinski definition) is 7. The van der Waals surface area contributed by atoms with Crippen LogP contribution in [0, 0.1) is 0 Å². The first-order valence-corrected chi connectivity index (χ1v) is 32.9. The molecule has 2 saturated heterocycles. The van der Waals surface area contributed by atoms with E-state index in [9.17, 15) is 19.2 Å². The maximum absolute atomic E-state index is 13.7. The first-order chi connectivity index (χ1) is 44.7. The molecule has 22 heteroatoms. The predicted octanol–water partition coefficient (Wildman–Crippen LogP) is 8.71. The van der Waals surface area contributed by atoms with Gasteiger partial charge in [-0.2, -0.15) is 0 Å². The van der Waals surface area contributed by atoms with Crippen LogP contribution in [0.4, 0.5) is 11.4 Å². The van der Waals surface area contributed by atoms with Crippen molar-refractivity contribution in [1.82, 2.24) is 60.1 Å². The summed E-state index contributed by atoms with van der Waals surface area (Å²) in [4.78, 5) is 90.2. The quantitative estimate of drug-likeness (QED) is 0.0216. The Kier molecular flexibility index (Phi) is 21.9. The zero-order chi connectivity index (χ0) is 65.8. The van der Waals surface area contributed by atoms with Crippen molar-refractivity contribution in [2.75, 3.05) is 129 Å². The van der Waals surface area contributed by atoms with E-state index in [2.05, 4.69) is 148 Å². The SMILES string of the molecule is CCCN(CC(=O)N(CC(N)=O)C/C(N)=C/NCCCNC(=O)CCCOc1c(C(C)C)cc(-c2nc3ccc(N4CCN(C)CC4)cc3[nH]2)cc1C(C)(C)C)C(=O)CCCOc1cccc(-c2nc3ccc(-c4nc5ccc(N6CCN(C)CC6)cc5[nH]4)cc3[nH]2)c1. The number of anilines is 2. The third-order valence-corrected chi connectivity index (χ3v) is 17.3. The second-order valence-electron chi connectivity index (χ2n) is 26.2. The monoisotopic (exact) mass is 1270 g/mol. The van der Waals surface area contributed by atoms with Crippen LogP contribution in [0.3, 0.4) is 0 Å². The van der Waals surface area contributed by atoms with Crippen molar-refractivity contribution in [2.24, 2.45) is 11.5 Å². The fourth-order valence-corrected chi connectivity index (χ4v) is 12.0. The molecule has 0 aliphatic carbocycles. The van der Waals surface area contributed by atoms with Gasteiger partial charge in [0.15, 0.2) is 0 Å². The van der Waals surface area contributed by atoms with E-state index in [1.165, 1.54) is 21.2 Å². The number of imidazole rings is 3.